The highest BCUT2D eigenvalue weighted by Gasteiger charge is 2.30. The van der Waals surface area contributed by atoms with Crippen molar-refractivity contribution in [3.05, 3.63) is 33.9 Å². The van der Waals surface area contributed by atoms with E-state index in [4.69, 9.17) is 4.74 Å². The summed E-state index contributed by atoms with van der Waals surface area (Å²) in [5, 5.41) is 16.5. The number of methoxy groups -OCH3 is 1. The quantitative estimate of drug-likeness (QED) is 0.630. The third kappa shape index (κ3) is 2.88. The standard InChI is InChI=1S/C13H17N3O4/c1-14-11-4-3-8(5-12(11)16(18)19)13(17)15-9-6-10(7-9)20-2/h3-5,9-10,14H,6-7H2,1-2H3,(H,15,17). The van der Waals surface area contributed by atoms with Gasteiger partial charge in [-0.05, 0) is 25.0 Å². The van der Waals surface area contributed by atoms with E-state index in [1.807, 2.05) is 0 Å². The molecule has 1 aliphatic rings. The minimum atomic E-state index is -0.507. The van der Waals surface area contributed by atoms with Crippen LogP contribution in [-0.2, 0) is 4.74 Å². The second-order valence-corrected chi connectivity index (χ2v) is 4.74. The average molecular weight is 279 g/mol. The molecule has 20 heavy (non-hydrogen) atoms. The van der Waals surface area contributed by atoms with E-state index in [0.717, 1.165) is 12.8 Å². The van der Waals surface area contributed by atoms with E-state index >= 15 is 0 Å². The fraction of sp³-hybridized carbons (Fsp3) is 0.462. The van der Waals surface area contributed by atoms with E-state index in [2.05, 4.69) is 10.6 Å². The summed E-state index contributed by atoms with van der Waals surface area (Å²) in [5.74, 6) is -0.296. The van der Waals surface area contributed by atoms with Gasteiger partial charge in [-0.3, -0.25) is 14.9 Å². The molecule has 108 valence electrons. The molecule has 1 amide bonds. The first-order chi connectivity index (χ1) is 9.55. The van der Waals surface area contributed by atoms with E-state index in [9.17, 15) is 14.9 Å². The van der Waals surface area contributed by atoms with Gasteiger partial charge in [0.15, 0.2) is 0 Å². The summed E-state index contributed by atoms with van der Waals surface area (Å²) >= 11 is 0. The number of hydrogen-bond acceptors (Lipinski definition) is 5. The van der Waals surface area contributed by atoms with Crippen molar-refractivity contribution in [2.24, 2.45) is 0 Å². The van der Waals surface area contributed by atoms with Gasteiger partial charge in [-0.1, -0.05) is 0 Å². The Morgan fingerprint density at radius 1 is 1.45 bits per heavy atom. The Balaban J connectivity index is 2.07. The van der Waals surface area contributed by atoms with Crippen LogP contribution in [0.3, 0.4) is 0 Å². The Labute approximate surface area is 116 Å². The van der Waals surface area contributed by atoms with Crippen LogP contribution in [0.4, 0.5) is 11.4 Å². The number of benzene rings is 1. The number of anilines is 1. The predicted octanol–water partition coefficient (Wildman–Crippen LogP) is 1.54. The van der Waals surface area contributed by atoms with Gasteiger partial charge in [-0.25, -0.2) is 0 Å². The number of ether oxygens (including phenoxy) is 1. The Hall–Kier alpha value is -2.15. The van der Waals surface area contributed by atoms with Crippen LogP contribution in [0.1, 0.15) is 23.2 Å². The molecular formula is C13H17N3O4. The maximum absolute atomic E-state index is 12.0. The van der Waals surface area contributed by atoms with Crippen LogP contribution in [0, 0.1) is 10.1 Å². The highest BCUT2D eigenvalue weighted by atomic mass is 16.6. The molecule has 2 N–H and O–H groups in total. The zero-order valence-corrected chi connectivity index (χ0v) is 11.4. The highest BCUT2D eigenvalue weighted by Crippen LogP contribution is 2.26. The summed E-state index contributed by atoms with van der Waals surface area (Å²) in [6.07, 6.45) is 1.75. The van der Waals surface area contributed by atoms with Crippen LogP contribution < -0.4 is 10.6 Å². The molecule has 1 aromatic rings. The zero-order valence-electron chi connectivity index (χ0n) is 11.4. The number of carbonyl (C=O) groups is 1. The number of nitro groups is 1. The Kier molecular flexibility index (Phi) is 4.19. The summed E-state index contributed by atoms with van der Waals surface area (Å²) in [6.45, 7) is 0. The van der Waals surface area contributed by atoms with Crippen LogP contribution >= 0.6 is 0 Å². The summed E-state index contributed by atoms with van der Waals surface area (Å²) in [6, 6.07) is 4.47. The van der Waals surface area contributed by atoms with Gasteiger partial charge in [0.05, 0.1) is 11.0 Å². The molecule has 7 nitrogen and oxygen atoms in total. The van der Waals surface area contributed by atoms with Gasteiger partial charge in [0.2, 0.25) is 0 Å². The van der Waals surface area contributed by atoms with Crippen molar-refractivity contribution in [3.63, 3.8) is 0 Å². The van der Waals surface area contributed by atoms with E-state index in [1.54, 1.807) is 20.2 Å². The number of carbonyl (C=O) groups excluding carboxylic acids is 1. The number of rotatable bonds is 5. The van der Waals surface area contributed by atoms with Crippen molar-refractivity contribution in [2.75, 3.05) is 19.5 Å². The Morgan fingerprint density at radius 3 is 2.70 bits per heavy atom. The lowest BCUT2D eigenvalue weighted by Gasteiger charge is -2.34. The summed E-state index contributed by atoms with van der Waals surface area (Å²) in [5.41, 5.74) is 0.565. The second kappa shape index (κ2) is 5.87. The molecule has 0 heterocycles. The third-order valence-corrected chi connectivity index (χ3v) is 3.49. The van der Waals surface area contributed by atoms with Crippen molar-refractivity contribution >= 4 is 17.3 Å². The topological polar surface area (TPSA) is 93.5 Å². The SMILES string of the molecule is CNc1ccc(C(=O)NC2CC(OC)C2)cc1[N+](=O)[O-]. The van der Waals surface area contributed by atoms with Crippen molar-refractivity contribution in [2.45, 2.75) is 25.0 Å². The Bertz CT molecular complexity index is 526. The molecular weight excluding hydrogens is 262 g/mol. The van der Waals surface area contributed by atoms with Gasteiger partial charge < -0.3 is 15.4 Å². The van der Waals surface area contributed by atoms with Crippen LogP contribution in [-0.4, -0.2) is 37.1 Å². The predicted molar refractivity (Wildman–Crippen MR) is 73.9 cm³/mol. The summed E-state index contributed by atoms with van der Waals surface area (Å²) in [7, 11) is 3.24. The van der Waals surface area contributed by atoms with Gasteiger partial charge in [0, 0.05) is 31.8 Å². The molecule has 1 saturated carbocycles. The monoisotopic (exact) mass is 279 g/mol. The molecule has 2 rings (SSSR count). The minimum Gasteiger partial charge on any atom is -0.383 e. The highest BCUT2D eigenvalue weighted by molar-refractivity contribution is 5.96. The normalized spacial score (nSPS) is 20.9. The second-order valence-electron chi connectivity index (χ2n) is 4.74. The molecule has 7 heteroatoms. The van der Waals surface area contributed by atoms with Crippen molar-refractivity contribution in [1.29, 1.82) is 0 Å². The number of hydrogen-bond donors (Lipinski definition) is 2. The maximum Gasteiger partial charge on any atom is 0.293 e. The summed E-state index contributed by atoms with van der Waals surface area (Å²) < 4.78 is 5.14. The van der Waals surface area contributed by atoms with Crippen molar-refractivity contribution in [1.82, 2.24) is 5.32 Å². The van der Waals surface area contributed by atoms with Gasteiger partial charge in [-0.15, -0.1) is 0 Å². The maximum atomic E-state index is 12.0. The average Bonchev–Trinajstić information content (AvgIpc) is 2.41. The first kappa shape index (κ1) is 14.3. The molecule has 0 unspecified atom stereocenters. The fourth-order valence-corrected chi connectivity index (χ4v) is 2.18. The Morgan fingerprint density at radius 2 is 2.15 bits per heavy atom. The molecule has 1 fully saturated rings. The molecule has 0 saturated heterocycles. The van der Waals surface area contributed by atoms with Crippen LogP contribution in [0.15, 0.2) is 18.2 Å². The number of nitrogens with one attached hydrogen (secondary N) is 2. The minimum absolute atomic E-state index is 0.0792. The van der Waals surface area contributed by atoms with E-state index in [-0.39, 0.29) is 29.3 Å². The number of nitrogens with zero attached hydrogens (tertiary/aromatic N) is 1. The van der Waals surface area contributed by atoms with Gasteiger partial charge >= 0.3 is 0 Å². The lowest BCUT2D eigenvalue weighted by molar-refractivity contribution is -0.384. The number of nitro benzene ring substituents is 1. The lowest BCUT2D eigenvalue weighted by Crippen LogP contribution is -2.47. The van der Waals surface area contributed by atoms with Crippen LogP contribution in [0.25, 0.3) is 0 Å². The van der Waals surface area contributed by atoms with Gasteiger partial charge in [0.25, 0.3) is 11.6 Å². The molecule has 1 aromatic carbocycles. The van der Waals surface area contributed by atoms with Gasteiger partial charge in [0.1, 0.15) is 5.69 Å². The van der Waals surface area contributed by atoms with Crippen LogP contribution in [0.5, 0.6) is 0 Å². The summed E-state index contributed by atoms with van der Waals surface area (Å²) in [4.78, 5) is 22.5. The van der Waals surface area contributed by atoms with Gasteiger partial charge in [-0.2, -0.15) is 0 Å². The van der Waals surface area contributed by atoms with Crippen molar-refractivity contribution < 1.29 is 14.5 Å². The van der Waals surface area contributed by atoms with E-state index in [1.165, 1.54) is 12.1 Å². The number of amides is 1. The molecule has 0 atom stereocenters. The third-order valence-electron chi connectivity index (χ3n) is 3.49. The van der Waals surface area contributed by atoms with Crippen molar-refractivity contribution in [3.8, 4) is 0 Å². The van der Waals surface area contributed by atoms with Crippen LogP contribution in [0.2, 0.25) is 0 Å². The molecule has 0 aliphatic heterocycles. The first-order valence-corrected chi connectivity index (χ1v) is 6.35. The molecule has 0 bridgehead atoms. The first-order valence-electron chi connectivity index (χ1n) is 6.35. The van der Waals surface area contributed by atoms with E-state index < -0.39 is 4.92 Å². The molecule has 0 spiro atoms. The smallest absolute Gasteiger partial charge is 0.293 e. The zero-order chi connectivity index (χ0) is 14.7. The lowest BCUT2D eigenvalue weighted by atomic mass is 9.89. The largest absolute Gasteiger partial charge is 0.383 e. The molecule has 1 aliphatic carbocycles. The fourth-order valence-electron chi connectivity index (χ4n) is 2.18. The van der Waals surface area contributed by atoms with E-state index in [0.29, 0.717) is 5.69 Å². The molecule has 0 radical (unpaired) electrons. The molecule has 0 aromatic heterocycles.